The van der Waals surface area contributed by atoms with Crippen LogP contribution in [0.25, 0.3) is 28.5 Å². The fraction of sp³-hybridized carbons (Fsp3) is 0.0556. The van der Waals surface area contributed by atoms with Crippen molar-refractivity contribution in [3.8, 4) is 17.1 Å². The number of para-hydroxylation sites is 1. The van der Waals surface area contributed by atoms with Crippen molar-refractivity contribution in [1.82, 2.24) is 19.8 Å². The summed E-state index contributed by atoms with van der Waals surface area (Å²) >= 11 is 7.53. The van der Waals surface area contributed by atoms with Crippen LogP contribution in [0.1, 0.15) is 10.6 Å². The van der Waals surface area contributed by atoms with Gasteiger partial charge in [-0.3, -0.25) is 0 Å². The first-order valence-electron chi connectivity index (χ1n) is 7.54. The molecule has 0 aliphatic rings. The van der Waals surface area contributed by atoms with Crippen molar-refractivity contribution >= 4 is 40.1 Å². The van der Waals surface area contributed by atoms with Gasteiger partial charge in [0.1, 0.15) is 10.8 Å². The lowest BCUT2D eigenvalue weighted by Crippen LogP contribution is -1.90. The normalized spacial score (nSPS) is 11.4. The summed E-state index contributed by atoms with van der Waals surface area (Å²) in [6, 6.07) is 15.3. The molecular formula is C18H13ClN4OS. The van der Waals surface area contributed by atoms with Crippen molar-refractivity contribution in [3.05, 3.63) is 64.1 Å². The fourth-order valence-corrected chi connectivity index (χ4v) is 3.40. The molecule has 7 heteroatoms. The van der Waals surface area contributed by atoms with Gasteiger partial charge in [0.15, 0.2) is 5.82 Å². The highest BCUT2D eigenvalue weighted by molar-refractivity contribution is 7.17. The maximum absolute atomic E-state index is 6.07. The van der Waals surface area contributed by atoms with Crippen molar-refractivity contribution in [2.75, 3.05) is 7.11 Å². The molecule has 2 heterocycles. The molecule has 0 amide bonds. The van der Waals surface area contributed by atoms with Crippen LogP contribution in [-0.4, -0.2) is 26.9 Å². The van der Waals surface area contributed by atoms with Crippen LogP contribution in [0.5, 0.6) is 5.75 Å². The van der Waals surface area contributed by atoms with E-state index in [1.54, 1.807) is 11.6 Å². The third kappa shape index (κ3) is 3.14. The number of halogens is 1. The van der Waals surface area contributed by atoms with Crippen molar-refractivity contribution < 1.29 is 4.74 Å². The van der Waals surface area contributed by atoms with Crippen molar-refractivity contribution in [2.45, 2.75) is 0 Å². The minimum atomic E-state index is 0.653. The molecule has 0 saturated heterocycles. The molecule has 2 aromatic carbocycles. The van der Waals surface area contributed by atoms with E-state index in [9.17, 15) is 0 Å². The molecule has 0 radical (unpaired) electrons. The van der Waals surface area contributed by atoms with Crippen LogP contribution in [-0.2, 0) is 0 Å². The molecule has 4 aromatic rings. The SMILES string of the molecule is COc1ccccc1C=Cc1nn2c(-c3cccc(Cl)c3)nnc2s1. The van der Waals surface area contributed by atoms with E-state index in [4.69, 9.17) is 16.3 Å². The quantitative estimate of drug-likeness (QED) is 0.524. The number of ether oxygens (including phenoxy) is 1. The fourth-order valence-electron chi connectivity index (χ4n) is 2.47. The van der Waals surface area contributed by atoms with E-state index in [1.165, 1.54) is 11.3 Å². The maximum Gasteiger partial charge on any atom is 0.235 e. The average molecular weight is 369 g/mol. The Bertz CT molecular complexity index is 1070. The molecule has 0 saturated carbocycles. The standard InChI is InChI=1S/C18H13ClN4OS/c1-24-15-8-3-2-5-12(15)9-10-16-22-23-17(20-21-18(23)25-16)13-6-4-7-14(19)11-13/h2-11H,1H3. The number of hydrogen-bond donors (Lipinski definition) is 0. The van der Waals surface area contributed by atoms with E-state index in [1.807, 2.05) is 60.7 Å². The summed E-state index contributed by atoms with van der Waals surface area (Å²) in [6.07, 6.45) is 3.92. The summed E-state index contributed by atoms with van der Waals surface area (Å²) in [4.78, 5) is 0.731. The third-order valence-electron chi connectivity index (χ3n) is 3.63. The minimum absolute atomic E-state index is 0.653. The molecule has 0 fully saturated rings. The minimum Gasteiger partial charge on any atom is -0.496 e. The van der Waals surface area contributed by atoms with Gasteiger partial charge in [-0.1, -0.05) is 53.3 Å². The van der Waals surface area contributed by atoms with Gasteiger partial charge in [-0.2, -0.15) is 9.61 Å². The van der Waals surface area contributed by atoms with Crippen LogP contribution in [0.2, 0.25) is 5.02 Å². The second-order valence-electron chi connectivity index (χ2n) is 5.24. The van der Waals surface area contributed by atoms with Crippen LogP contribution >= 0.6 is 22.9 Å². The Morgan fingerprint density at radius 2 is 1.96 bits per heavy atom. The maximum atomic E-state index is 6.07. The zero-order valence-electron chi connectivity index (χ0n) is 13.3. The summed E-state index contributed by atoms with van der Waals surface area (Å²) in [6.45, 7) is 0. The Hall–Kier alpha value is -2.70. The van der Waals surface area contributed by atoms with Gasteiger partial charge in [-0.25, -0.2) is 0 Å². The zero-order chi connectivity index (χ0) is 17.2. The molecule has 0 aliphatic heterocycles. The molecule has 0 bridgehead atoms. The summed E-state index contributed by atoms with van der Waals surface area (Å²) < 4.78 is 7.09. The molecule has 0 unspecified atom stereocenters. The third-order valence-corrected chi connectivity index (χ3v) is 4.73. The second kappa shape index (κ2) is 6.66. The number of nitrogens with zero attached hydrogens (tertiary/aromatic N) is 4. The van der Waals surface area contributed by atoms with E-state index in [2.05, 4.69) is 15.3 Å². The van der Waals surface area contributed by atoms with Crippen LogP contribution in [0.15, 0.2) is 48.5 Å². The Balaban J connectivity index is 1.70. The summed E-state index contributed by atoms with van der Waals surface area (Å²) in [5.74, 6) is 1.49. The highest BCUT2D eigenvalue weighted by Gasteiger charge is 2.12. The largest absolute Gasteiger partial charge is 0.496 e. The number of benzene rings is 2. The zero-order valence-corrected chi connectivity index (χ0v) is 14.8. The second-order valence-corrected chi connectivity index (χ2v) is 6.67. The van der Waals surface area contributed by atoms with Gasteiger partial charge in [-0.15, -0.1) is 10.2 Å². The van der Waals surface area contributed by atoms with Crippen molar-refractivity contribution in [3.63, 3.8) is 0 Å². The lowest BCUT2D eigenvalue weighted by atomic mass is 10.2. The van der Waals surface area contributed by atoms with Gasteiger partial charge in [-0.05, 0) is 30.4 Å². The lowest BCUT2D eigenvalue weighted by Gasteiger charge is -2.02. The van der Waals surface area contributed by atoms with Gasteiger partial charge in [0.2, 0.25) is 4.96 Å². The summed E-state index contributed by atoms with van der Waals surface area (Å²) in [5, 5.41) is 14.5. The average Bonchev–Trinajstić information content (AvgIpc) is 3.20. The molecule has 4 rings (SSSR count). The monoisotopic (exact) mass is 368 g/mol. The van der Waals surface area contributed by atoms with E-state index in [0.29, 0.717) is 10.8 Å². The van der Waals surface area contributed by atoms with Crippen LogP contribution in [0, 0.1) is 0 Å². The molecular weight excluding hydrogens is 356 g/mol. The number of rotatable bonds is 4. The highest BCUT2D eigenvalue weighted by Crippen LogP contribution is 2.25. The number of methoxy groups -OCH3 is 1. The van der Waals surface area contributed by atoms with E-state index in [0.717, 1.165) is 26.8 Å². The first-order chi connectivity index (χ1) is 12.2. The van der Waals surface area contributed by atoms with E-state index >= 15 is 0 Å². The topological polar surface area (TPSA) is 52.3 Å². The van der Waals surface area contributed by atoms with Gasteiger partial charge in [0.05, 0.1) is 7.11 Å². The van der Waals surface area contributed by atoms with Gasteiger partial charge in [0, 0.05) is 16.1 Å². The lowest BCUT2D eigenvalue weighted by molar-refractivity contribution is 0.414. The van der Waals surface area contributed by atoms with Crippen molar-refractivity contribution in [1.29, 1.82) is 0 Å². The van der Waals surface area contributed by atoms with Crippen LogP contribution in [0.4, 0.5) is 0 Å². The molecule has 2 aromatic heterocycles. The Kier molecular flexibility index (Phi) is 4.21. The Morgan fingerprint density at radius 3 is 2.80 bits per heavy atom. The molecule has 0 aliphatic carbocycles. The highest BCUT2D eigenvalue weighted by atomic mass is 35.5. The van der Waals surface area contributed by atoms with Gasteiger partial charge < -0.3 is 4.74 Å². The van der Waals surface area contributed by atoms with Crippen LogP contribution < -0.4 is 4.74 Å². The number of fused-ring (bicyclic) bond motifs is 1. The molecule has 5 nitrogen and oxygen atoms in total. The molecule has 0 spiro atoms. The molecule has 124 valence electrons. The predicted octanol–water partition coefficient (Wildman–Crippen LogP) is 4.69. The van der Waals surface area contributed by atoms with Gasteiger partial charge >= 0.3 is 0 Å². The molecule has 0 N–H and O–H groups in total. The van der Waals surface area contributed by atoms with Gasteiger partial charge in [0.25, 0.3) is 0 Å². The predicted molar refractivity (Wildman–Crippen MR) is 101 cm³/mol. The van der Waals surface area contributed by atoms with Crippen molar-refractivity contribution in [2.24, 2.45) is 0 Å². The summed E-state index contributed by atoms with van der Waals surface area (Å²) in [5.41, 5.74) is 1.87. The van der Waals surface area contributed by atoms with E-state index < -0.39 is 0 Å². The molecule has 0 atom stereocenters. The summed E-state index contributed by atoms with van der Waals surface area (Å²) in [7, 11) is 1.66. The smallest absolute Gasteiger partial charge is 0.235 e. The number of aromatic nitrogens is 4. The molecule has 25 heavy (non-hydrogen) atoms. The Morgan fingerprint density at radius 1 is 1.08 bits per heavy atom. The first-order valence-corrected chi connectivity index (χ1v) is 8.73. The van der Waals surface area contributed by atoms with E-state index in [-0.39, 0.29) is 0 Å². The number of hydrogen-bond acceptors (Lipinski definition) is 5. The Labute approximate surface area is 153 Å². The van der Waals surface area contributed by atoms with Crippen LogP contribution in [0.3, 0.4) is 0 Å². The first kappa shape index (κ1) is 15.8.